The average Bonchev–Trinajstić information content (AvgIpc) is 3.12. The van der Waals surface area contributed by atoms with Gasteiger partial charge in [-0.2, -0.15) is 0 Å². The summed E-state index contributed by atoms with van der Waals surface area (Å²) in [6, 6.07) is 6.89. The van der Waals surface area contributed by atoms with Crippen molar-refractivity contribution in [2.75, 3.05) is 25.2 Å². The third kappa shape index (κ3) is 2.62. The molecule has 148 valence electrons. The number of carbonyl (C=O) groups is 3. The van der Waals surface area contributed by atoms with Gasteiger partial charge in [-0.15, -0.1) is 0 Å². The van der Waals surface area contributed by atoms with E-state index in [1.54, 1.807) is 7.11 Å². The van der Waals surface area contributed by atoms with Gasteiger partial charge in [0.2, 0.25) is 11.8 Å². The maximum absolute atomic E-state index is 13.5. The molecule has 3 heterocycles. The Morgan fingerprint density at radius 1 is 1.11 bits per heavy atom. The number of anilines is 1. The van der Waals surface area contributed by atoms with Crippen LogP contribution >= 0.6 is 0 Å². The van der Waals surface area contributed by atoms with Gasteiger partial charge in [0.05, 0.1) is 31.0 Å². The molecule has 6 heteroatoms. The van der Waals surface area contributed by atoms with E-state index in [4.69, 9.17) is 4.74 Å². The lowest BCUT2D eigenvalue weighted by Gasteiger charge is -2.38. The molecule has 2 fully saturated rings. The summed E-state index contributed by atoms with van der Waals surface area (Å²) in [6.45, 7) is 6.13. The zero-order chi connectivity index (χ0) is 20.2. The number of ketones is 1. The van der Waals surface area contributed by atoms with Gasteiger partial charge in [-0.05, 0) is 11.6 Å². The van der Waals surface area contributed by atoms with Gasteiger partial charge < -0.3 is 9.64 Å². The predicted molar refractivity (Wildman–Crippen MR) is 106 cm³/mol. The van der Waals surface area contributed by atoms with Crippen molar-refractivity contribution in [2.24, 2.45) is 17.3 Å². The molecule has 0 bridgehead atoms. The minimum atomic E-state index is -0.656. The molecule has 3 aliphatic heterocycles. The number of hydrogen-bond acceptors (Lipinski definition) is 5. The number of fused-ring (bicyclic) bond motifs is 5. The zero-order valence-corrected chi connectivity index (χ0v) is 16.7. The van der Waals surface area contributed by atoms with E-state index in [-0.39, 0.29) is 30.2 Å². The highest BCUT2D eigenvalue weighted by atomic mass is 16.5. The number of amides is 2. The van der Waals surface area contributed by atoms with E-state index >= 15 is 0 Å². The van der Waals surface area contributed by atoms with Crippen molar-refractivity contribution in [3.63, 3.8) is 0 Å². The van der Waals surface area contributed by atoms with Crippen molar-refractivity contribution in [1.29, 1.82) is 0 Å². The summed E-state index contributed by atoms with van der Waals surface area (Å²) in [4.78, 5) is 43.2. The quantitative estimate of drug-likeness (QED) is 0.747. The van der Waals surface area contributed by atoms with E-state index in [1.807, 2.05) is 62.1 Å². The van der Waals surface area contributed by atoms with Crippen LogP contribution < -0.4 is 4.90 Å². The van der Waals surface area contributed by atoms with Crippen molar-refractivity contribution in [3.8, 4) is 0 Å². The van der Waals surface area contributed by atoms with Crippen molar-refractivity contribution in [2.45, 2.75) is 32.9 Å². The fraction of sp³-hybridized carbons (Fsp3) is 0.500. The Morgan fingerprint density at radius 3 is 2.46 bits per heavy atom. The molecular formula is C22H26N2O4. The first-order chi connectivity index (χ1) is 13.3. The molecule has 6 nitrogen and oxygen atoms in total. The van der Waals surface area contributed by atoms with Gasteiger partial charge in [-0.3, -0.25) is 19.3 Å². The van der Waals surface area contributed by atoms with Gasteiger partial charge in [-0.25, -0.2) is 0 Å². The van der Waals surface area contributed by atoms with Crippen LogP contribution in [0.4, 0.5) is 5.69 Å². The van der Waals surface area contributed by atoms with Crippen LogP contribution in [0.25, 0.3) is 6.08 Å². The number of para-hydroxylation sites is 1. The van der Waals surface area contributed by atoms with Crippen LogP contribution in [0.1, 0.15) is 26.3 Å². The standard InChI is InChI=1S/C22H26N2O4/c1-22(2,3)19(25)18-17-16(20(26)23(21(17)27)11-12-28-4)15-10-9-13-7-5-6-8-14(13)24(15)18/h5-10,15-18H,11-12H2,1-4H3/t15-,16-,17+,18+/m1/s1. The van der Waals surface area contributed by atoms with Crippen LogP contribution in [0.2, 0.25) is 0 Å². The molecule has 0 spiro atoms. The van der Waals surface area contributed by atoms with Gasteiger partial charge in [0, 0.05) is 18.2 Å². The van der Waals surface area contributed by atoms with E-state index in [1.165, 1.54) is 4.90 Å². The number of likely N-dealkylation sites (tertiary alicyclic amines) is 1. The Morgan fingerprint density at radius 2 is 1.79 bits per heavy atom. The van der Waals surface area contributed by atoms with Crippen molar-refractivity contribution in [3.05, 3.63) is 35.9 Å². The summed E-state index contributed by atoms with van der Waals surface area (Å²) in [7, 11) is 1.54. The van der Waals surface area contributed by atoms with Crippen LogP contribution in [0, 0.1) is 17.3 Å². The lowest BCUT2D eigenvalue weighted by atomic mass is 9.79. The third-order valence-corrected chi connectivity index (χ3v) is 6.03. The van der Waals surface area contributed by atoms with Crippen LogP contribution in [0.15, 0.2) is 30.3 Å². The first-order valence-electron chi connectivity index (χ1n) is 9.71. The van der Waals surface area contributed by atoms with Crippen LogP contribution in [-0.4, -0.2) is 54.8 Å². The first kappa shape index (κ1) is 18.9. The summed E-state index contributed by atoms with van der Waals surface area (Å²) < 4.78 is 5.07. The molecule has 0 unspecified atom stereocenters. The maximum atomic E-state index is 13.5. The molecule has 3 aliphatic rings. The number of imide groups is 1. The summed E-state index contributed by atoms with van der Waals surface area (Å²) in [5.74, 6) is -1.66. The third-order valence-electron chi connectivity index (χ3n) is 6.03. The highest BCUT2D eigenvalue weighted by Crippen LogP contribution is 2.49. The lowest BCUT2D eigenvalue weighted by molar-refractivity contribution is -0.142. The number of methoxy groups -OCH3 is 1. The average molecular weight is 382 g/mol. The molecule has 2 saturated heterocycles. The number of nitrogens with zero attached hydrogens (tertiary/aromatic N) is 2. The molecule has 0 aliphatic carbocycles. The van der Waals surface area contributed by atoms with Gasteiger partial charge >= 0.3 is 0 Å². The van der Waals surface area contributed by atoms with Crippen LogP contribution in [0.5, 0.6) is 0 Å². The summed E-state index contributed by atoms with van der Waals surface area (Å²) in [6.07, 6.45) is 3.97. The first-order valence-corrected chi connectivity index (χ1v) is 9.71. The minimum absolute atomic E-state index is 0.00940. The molecule has 2 amide bonds. The lowest BCUT2D eigenvalue weighted by Crippen LogP contribution is -2.51. The van der Waals surface area contributed by atoms with E-state index in [9.17, 15) is 14.4 Å². The SMILES string of the molecule is COCCN1C(=O)[C@H]2[C@H](C1=O)[C@@H](C(=O)C(C)(C)C)N1c3ccccc3C=C[C@H]21. The van der Waals surface area contributed by atoms with E-state index < -0.39 is 23.3 Å². The second-order valence-electron chi connectivity index (χ2n) is 8.75. The molecule has 28 heavy (non-hydrogen) atoms. The smallest absolute Gasteiger partial charge is 0.235 e. The van der Waals surface area contributed by atoms with E-state index in [0.29, 0.717) is 6.61 Å². The molecule has 0 radical (unpaired) electrons. The summed E-state index contributed by atoms with van der Waals surface area (Å²) >= 11 is 0. The van der Waals surface area contributed by atoms with Gasteiger partial charge in [0.1, 0.15) is 6.04 Å². The summed E-state index contributed by atoms with van der Waals surface area (Å²) in [5.41, 5.74) is 1.29. The van der Waals surface area contributed by atoms with Gasteiger partial charge in [0.15, 0.2) is 5.78 Å². The van der Waals surface area contributed by atoms with Crippen LogP contribution in [0.3, 0.4) is 0 Å². The largest absolute Gasteiger partial charge is 0.383 e. The molecule has 0 N–H and O–H groups in total. The number of ether oxygens (including phenoxy) is 1. The topological polar surface area (TPSA) is 66.9 Å². The van der Waals surface area contributed by atoms with Crippen molar-refractivity contribution >= 4 is 29.4 Å². The predicted octanol–water partition coefficient (Wildman–Crippen LogP) is 2.13. The number of benzene rings is 1. The monoisotopic (exact) mass is 382 g/mol. The Balaban J connectivity index is 1.82. The Bertz CT molecular complexity index is 870. The number of rotatable bonds is 4. The molecule has 4 atom stereocenters. The zero-order valence-electron chi connectivity index (χ0n) is 16.7. The Kier molecular flexibility index (Phi) is 4.42. The number of Topliss-reactive ketones (excluding diaryl/α,β-unsaturated/α-hetero) is 1. The normalized spacial score (nSPS) is 28.4. The van der Waals surface area contributed by atoms with Gasteiger partial charge in [-0.1, -0.05) is 51.1 Å². The van der Waals surface area contributed by atoms with Gasteiger partial charge in [0.25, 0.3) is 0 Å². The van der Waals surface area contributed by atoms with Crippen molar-refractivity contribution < 1.29 is 19.1 Å². The fourth-order valence-corrected chi connectivity index (χ4v) is 4.72. The van der Waals surface area contributed by atoms with Crippen molar-refractivity contribution in [1.82, 2.24) is 4.90 Å². The fourth-order valence-electron chi connectivity index (χ4n) is 4.72. The molecular weight excluding hydrogens is 356 g/mol. The number of carbonyl (C=O) groups excluding carboxylic acids is 3. The highest BCUT2D eigenvalue weighted by molar-refractivity contribution is 6.11. The number of hydrogen-bond donors (Lipinski definition) is 0. The minimum Gasteiger partial charge on any atom is -0.383 e. The van der Waals surface area contributed by atoms with Crippen LogP contribution in [-0.2, 0) is 19.1 Å². The second-order valence-corrected chi connectivity index (χ2v) is 8.75. The molecule has 1 aromatic carbocycles. The van der Waals surface area contributed by atoms with E-state index in [2.05, 4.69) is 0 Å². The highest BCUT2D eigenvalue weighted by Gasteiger charge is 2.64. The maximum Gasteiger partial charge on any atom is 0.235 e. The molecule has 4 rings (SSSR count). The second kappa shape index (κ2) is 6.55. The molecule has 1 aromatic rings. The molecule has 0 saturated carbocycles. The summed E-state index contributed by atoms with van der Waals surface area (Å²) in [5, 5.41) is 0. The molecule has 0 aromatic heterocycles. The Hall–Kier alpha value is -2.47. The van der Waals surface area contributed by atoms with E-state index in [0.717, 1.165) is 11.3 Å². The Labute approximate surface area is 165 Å².